The molecule has 0 atom stereocenters. The fourth-order valence-corrected chi connectivity index (χ4v) is 8.09. The van der Waals surface area contributed by atoms with Crippen molar-refractivity contribution in [3.63, 3.8) is 0 Å². The Bertz CT molecular complexity index is 1930. The Morgan fingerprint density at radius 2 is 0.817 bits per heavy atom. The largest absolute Gasteiger partial charge is 0.465 e. The first-order valence-electron chi connectivity index (χ1n) is 20.5. The number of carbonyl (C=O) groups is 2. The van der Waals surface area contributed by atoms with Gasteiger partial charge in [0.2, 0.25) is 0 Å². The second kappa shape index (κ2) is 24.7. The quantitative estimate of drug-likeness (QED) is 0.0566. The Labute approximate surface area is 357 Å². The van der Waals surface area contributed by atoms with Gasteiger partial charge in [-0.1, -0.05) is 124 Å². The zero-order valence-electron chi connectivity index (χ0n) is 35.6. The van der Waals surface area contributed by atoms with Gasteiger partial charge < -0.3 is 19.3 Å². The molecule has 5 rings (SSSR count). The van der Waals surface area contributed by atoms with Gasteiger partial charge in [-0.15, -0.1) is 0 Å². The van der Waals surface area contributed by atoms with E-state index in [0.29, 0.717) is 13.2 Å². The van der Waals surface area contributed by atoms with E-state index in [4.69, 9.17) is 18.6 Å². The van der Waals surface area contributed by atoms with E-state index < -0.39 is 32.1 Å². The first-order valence-corrected chi connectivity index (χ1v) is 23.4. The number of carbonyl (C=O) groups excluding carboxylic acids is 2. The first kappa shape index (κ1) is 49.9. The molecule has 2 N–H and O–H groups in total. The summed E-state index contributed by atoms with van der Waals surface area (Å²) in [6, 6.07) is 31.8. The van der Waals surface area contributed by atoms with E-state index in [1.807, 2.05) is 74.5 Å². The fraction of sp³-hybridized carbons (Fsp3) is 0.435. The van der Waals surface area contributed by atoms with Gasteiger partial charge in [0, 0.05) is 24.9 Å². The Morgan fingerprint density at radius 1 is 0.517 bits per heavy atom. The van der Waals surface area contributed by atoms with E-state index in [-0.39, 0.29) is 33.6 Å². The normalized spacial score (nSPS) is 17.4. The van der Waals surface area contributed by atoms with Crippen molar-refractivity contribution < 1.29 is 45.0 Å². The average molecular weight is 867 g/mol. The number of nitrogens with zero attached hydrogens (tertiary/aromatic N) is 2. The summed E-state index contributed by atoms with van der Waals surface area (Å²) in [6.45, 7) is 18.7. The molecule has 0 radical (unpaired) electrons. The monoisotopic (exact) mass is 866 g/mol. The molecule has 4 aromatic rings. The molecule has 0 bridgehead atoms. The summed E-state index contributed by atoms with van der Waals surface area (Å²) in [6.07, 6.45) is 1.59. The SMILES string of the molecule is CCN(CC)CCCOC(=O)C1C(c2ccccc2)C(C(=O)OCCCN(CC)CC)C1c1ccccc1.Cc1ccc(S(=O)(=O)O)cc1.Cc1ccc(S(=O)(=O)O)cc1. The highest BCUT2D eigenvalue weighted by Crippen LogP contribution is 2.58. The van der Waals surface area contributed by atoms with Crippen LogP contribution in [0, 0.1) is 25.7 Å². The van der Waals surface area contributed by atoms with Gasteiger partial charge in [-0.2, -0.15) is 16.8 Å². The minimum atomic E-state index is -4.02. The van der Waals surface area contributed by atoms with Crippen molar-refractivity contribution in [2.24, 2.45) is 11.8 Å². The third kappa shape index (κ3) is 15.5. The van der Waals surface area contributed by atoms with E-state index in [0.717, 1.165) is 74.4 Å². The third-order valence-electron chi connectivity index (χ3n) is 10.6. The number of benzene rings is 4. The highest BCUT2D eigenvalue weighted by Gasteiger charge is 2.59. The summed E-state index contributed by atoms with van der Waals surface area (Å²) in [4.78, 5) is 31.6. The van der Waals surface area contributed by atoms with E-state index in [9.17, 15) is 26.4 Å². The van der Waals surface area contributed by atoms with Crippen molar-refractivity contribution in [1.29, 1.82) is 0 Å². The van der Waals surface area contributed by atoms with Crippen LogP contribution in [0.2, 0.25) is 0 Å². The third-order valence-corrected chi connectivity index (χ3v) is 12.3. The summed E-state index contributed by atoms with van der Waals surface area (Å²) in [5.74, 6) is -1.85. The molecular formula is C46H62N2O10S2. The summed E-state index contributed by atoms with van der Waals surface area (Å²) in [5, 5.41) is 0. The molecule has 0 aliphatic heterocycles. The van der Waals surface area contributed by atoms with Crippen molar-refractivity contribution in [3.8, 4) is 0 Å². The van der Waals surface area contributed by atoms with Gasteiger partial charge in [-0.25, -0.2) is 0 Å². The summed E-state index contributed by atoms with van der Waals surface area (Å²) < 4.78 is 70.8. The number of hydrogen-bond acceptors (Lipinski definition) is 10. The molecule has 1 aliphatic rings. The molecule has 0 amide bonds. The second-order valence-electron chi connectivity index (χ2n) is 14.6. The van der Waals surface area contributed by atoms with Crippen molar-refractivity contribution in [2.75, 3.05) is 52.5 Å². The maximum Gasteiger partial charge on any atom is 0.310 e. The summed E-state index contributed by atoms with van der Waals surface area (Å²) >= 11 is 0. The van der Waals surface area contributed by atoms with Gasteiger partial charge in [-0.3, -0.25) is 18.7 Å². The lowest BCUT2D eigenvalue weighted by atomic mass is 9.52. The highest BCUT2D eigenvalue weighted by atomic mass is 32.2. The molecule has 1 aliphatic carbocycles. The van der Waals surface area contributed by atoms with E-state index in [2.05, 4.69) is 37.5 Å². The Kier molecular flexibility index (Phi) is 20.6. The molecule has 12 nitrogen and oxygen atoms in total. The smallest absolute Gasteiger partial charge is 0.310 e. The van der Waals surface area contributed by atoms with Gasteiger partial charge >= 0.3 is 11.9 Å². The van der Waals surface area contributed by atoms with Crippen molar-refractivity contribution in [2.45, 2.75) is 76.0 Å². The molecule has 60 heavy (non-hydrogen) atoms. The van der Waals surface area contributed by atoms with Crippen molar-refractivity contribution in [1.82, 2.24) is 9.80 Å². The molecule has 0 unspecified atom stereocenters. The maximum absolute atomic E-state index is 13.6. The molecule has 0 spiro atoms. The molecule has 0 aromatic heterocycles. The van der Waals surface area contributed by atoms with Crippen LogP contribution in [0.3, 0.4) is 0 Å². The topological polar surface area (TPSA) is 168 Å². The Hall–Kier alpha value is -4.44. The Balaban J connectivity index is 0.000000351. The van der Waals surface area contributed by atoms with Crippen molar-refractivity contribution >= 4 is 32.2 Å². The predicted octanol–water partition coefficient (Wildman–Crippen LogP) is 7.83. The molecule has 14 heteroatoms. The van der Waals surface area contributed by atoms with Crippen LogP contribution in [0.1, 0.15) is 74.6 Å². The lowest BCUT2D eigenvalue weighted by Gasteiger charge is -2.49. The Morgan fingerprint density at radius 3 is 1.08 bits per heavy atom. The highest BCUT2D eigenvalue weighted by molar-refractivity contribution is 7.86. The average Bonchev–Trinajstić information content (AvgIpc) is 3.21. The van der Waals surface area contributed by atoms with Crippen LogP contribution in [0.25, 0.3) is 0 Å². The lowest BCUT2D eigenvalue weighted by molar-refractivity contribution is -0.167. The maximum atomic E-state index is 13.6. The molecular weight excluding hydrogens is 805 g/mol. The molecule has 4 aromatic carbocycles. The van der Waals surface area contributed by atoms with Crippen LogP contribution >= 0.6 is 0 Å². The van der Waals surface area contributed by atoms with Crippen LogP contribution in [-0.4, -0.2) is 100 Å². The molecule has 1 fully saturated rings. The van der Waals surface area contributed by atoms with E-state index in [1.54, 1.807) is 24.3 Å². The minimum absolute atomic E-state index is 0.0666. The van der Waals surface area contributed by atoms with E-state index >= 15 is 0 Å². The lowest BCUT2D eigenvalue weighted by Crippen LogP contribution is -2.52. The predicted molar refractivity (Wildman–Crippen MR) is 234 cm³/mol. The van der Waals surface area contributed by atoms with E-state index in [1.165, 1.54) is 24.3 Å². The van der Waals surface area contributed by atoms with Crippen LogP contribution < -0.4 is 0 Å². The first-order chi connectivity index (χ1) is 28.5. The molecule has 0 saturated heterocycles. The van der Waals surface area contributed by atoms with Gasteiger partial charge in [0.05, 0.1) is 34.8 Å². The van der Waals surface area contributed by atoms with Crippen molar-refractivity contribution in [3.05, 3.63) is 131 Å². The standard InChI is InChI=1S/C32H46N2O4.2C7H8O3S/c1-5-33(6-2)21-15-23-37-31(35)29-27(25-17-11-9-12-18-25)30(28(29)26-19-13-10-14-20-26)32(36)38-24-16-22-34(7-3)8-4;2*1-6-2-4-7(5-3-6)11(8,9)10/h9-14,17-20,27-30H,5-8,15-16,21-24H2,1-4H3;2*2-5H,1H3,(H,8,9,10). The van der Waals surface area contributed by atoms with Crippen LogP contribution in [0.5, 0.6) is 0 Å². The number of hydrogen-bond donors (Lipinski definition) is 2. The molecule has 0 heterocycles. The van der Waals surface area contributed by atoms with Gasteiger partial charge in [0.15, 0.2) is 0 Å². The van der Waals surface area contributed by atoms with Crippen LogP contribution in [0.4, 0.5) is 0 Å². The van der Waals surface area contributed by atoms with Gasteiger partial charge in [0.1, 0.15) is 0 Å². The molecule has 1 saturated carbocycles. The zero-order valence-corrected chi connectivity index (χ0v) is 37.3. The molecule has 328 valence electrons. The van der Waals surface area contributed by atoms with Crippen LogP contribution in [0.15, 0.2) is 119 Å². The number of aryl methyl sites for hydroxylation is 2. The summed E-state index contributed by atoms with van der Waals surface area (Å²) in [7, 11) is -8.04. The minimum Gasteiger partial charge on any atom is -0.465 e. The number of esters is 2. The number of rotatable bonds is 18. The summed E-state index contributed by atoms with van der Waals surface area (Å²) in [5.41, 5.74) is 3.87. The fourth-order valence-electron chi connectivity index (χ4n) is 7.13. The van der Waals surface area contributed by atoms with Gasteiger partial charge in [0.25, 0.3) is 20.2 Å². The van der Waals surface area contributed by atoms with Gasteiger partial charge in [-0.05, 0) is 88.3 Å². The van der Waals surface area contributed by atoms with Crippen LogP contribution in [-0.2, 0) is 39.3 Å². The zero-order chi connectivity index (χ0) is 44.3. The second-order valence-corrected chi connectivity index (χ2v) is 17.4. The number of ether oxygens (including phenoxy) is 2.